The predicted molar refractivity (Wildman–Crippen MR) is 377 cm³/mol. The van der Waals surface area contributed by atoms with Gasteiger partial charge in [-0.2, -0.15) is 0 Å². The zero-order valence-corrected chi connectivity index (χ0v) is 62.5. The van der Waals surface area contributed by atoms with E-state index >= 15 is 0 Å². The fraction of sp³-hybridized carbons (Fsp3) is 0.946. The molecular formula is C74H144O17P2. The summed E-state index contributed by atoms with van der Waals surface area (Å²) in [5.41, 5.74) is 0. The minimum atomic E-state index is -4.96. The zero-order chi connectivity index (χ0) is 68.7. The highest BCUT2D eigenvalue weighted by Gasteiger charge is 2.30. The summed E-state index contributed by atoms with van der Waals surface area (Å²) < 4.78 is 68.3. The molecule has 0 aromatic rings. The number of hydrogen-bond donors (Lipinski definition) is 3. The first-order chi connectivity index (χ1) is 44.8. The molecule has 0 aliphatic rings. The Bertz CT molecular complexity index is 1820. The van der Waals surface area contributed by atoms with E-state index in [9.17, 15) is 43.2 Å². The number of phosphoric acid groups is 2. The quantitative estimate of drug-likeness (QED) is 0.0222. The van der Waals surface area contributed by atoms with Gasteiger partial charge in [0.25, 0.3) is 0 Å². The highest BCUT2D eigenvalue weighted by molar-refractivity contribution is 7.47. The van der Waals surface area contributed by atoms with Gasteiger partial charge in [0.2, 0.25) is 0 Å². The zero-order valence-electron chi connectivity index (χ0n) is 60.7. The highest BCUT2D eigenvalue weighted by atomic mass is 31.2. The van der Waals surface area contributed by atoms with Crippen molar-refractivity contribution >= 4 is 39.5 Å². The number of aliphatic hydroxyl groups is 1. The van der Waals surface area contributed by atoms with E-state index in [1.54, 1.807) is 0 Å². The van der Waals surface area contributed by atoms with Gasteiger partial charge in [-0.05, 0) is 43.4 Å². The van der Waals surface area contributed by atoms with Gasteiger partial charge in [0.1, 0.15) is 19.3 Å². The number of rotatable bonds is 72. The number of unbranched alkanes of at least 4 members (excludes halogenated alkanes) is 39. The Balaban J connectivity index is 5.20. The Morgan fingerprint density at radius 3 is 0.817 bits per heavy atom. The second-order valence-electron chi connectivity index (χ2n) is 27.9. The summed E-state index contributed by atoms with van der Waals surface area (Å²) in [6.07, 6.45) is 50.0. The van der Waals surface area contributed by atoms with E-state index in [0.29, 0.717) is 25.7 Å². The summed E-state index contributed by atoms with van der Waals surface area (Å²) in [7, 11) is -9.90. The van der Waals surface area contributed by atoms with Crippen LogP contribution in [0.5, 0.6) is 0 Å². The maximum absolute atomic E-state index is 13.1. The van der Waals surface area contributed by atoms with Gasteiger partial charge in [-0.25, -0.2) is 9.13 Å². The summed E-state index contributed by atoms with van der Waals surface area (Å²) in [5.74, 6) is 0.249. The van der Waals surface area contributed by atoms with Crippen LogP contribution in [-0.4, -0.2) is 96.7 Å². The maximum Gasteiger partial charge on any atom is 0.472 e. The molecule has 93 heavy (non-hydrogen) atoms. The van der Waals surface area contributed by atoms with Gasteiger partial charge in [-0.15, -0.1) is 0 Å². The highest BCUT2D eigenvalue weighted by Crippen LogP contribution is 2.45. The molecule has 0 heterocycles. The fourth-order valence-corrected chi connectivity index (χ4v) is 12.8. The molecule has 0 saturated carbocycles. The van der Waals surface area contributed by atoms with Gasteiger partial charge in [-0.1, -0.05) is 325 Å². The van der Waals surface area contributed by atoms with Crippen molar-refractivity contribution in [3.8, 4) is 0 Å². The lowest BCUT2D eigenvalue weighted by Crippen LogP contribution is -2.30. The van der Waals surface area contributed by atoms with Gasteiger partial charge >= 0.3 is 39.5 Å². The van der Waals surface area contributed by atoms with Crippen LogP contribution in [0.2, 0.25) is 0 Å². The monoisotopic (exact) mass is 1370 g/mol. The van der Waals surface area contributed by atoms with E-state index in [2.05, 4.69) is 48.5 Å². The van der Waals surface area contributed by atoms with Crippen molar-refractivity contribution in [2.24, 2.45) is 17.8 Å². The van der Waals surface area contributed by atoms with Crippen molar-refractivity contribution in [2.45, 2.75) is 394 Å². The van der Waals surface area contributed by atoms with Crippen LogP contribution in [0.25, 0.3) is 0 Å². The second-order valence-corrected chi connectivity index (χ2v) is 30.8. The van der Waals surface area contributed by atoms with E-state index in [0.717, 1.165) is 120 Å². The van der Waals surface area contributed by atoms with Crippen molar-refractivity contribution < 1.29 is 80.2 Å². The number of carbonyl (C=O) groups is 4. The van der Waals surface area contributed by atoms with E-state index in [4.69, 9.17) is 37.0 Å². The average Bonchev–Trinajstić information content (AvgIpc) is 2.72. The molecule has 552 valence electrons. The molecular weight excluding hydrogens is 1220 g/mol. The van der Waals surface area contributed by atoms with Gasteiger partial charge in [0.15, 0.2) is 12.2 Å². The third-order valence-corrected chi connectivity index (χ3v) is 19.4. The SMILES string of the molecule is CCCCCCCCCC(=O)OC[C@H](COP(=O)(O)OC[C@H](O)COP(=O)(O)OC[C@@H](COC(=O)CCCCCCCCCCCCCCCC(C)C)OC(=O)CCCCCCCCCCCCCCCCC(C)CC)OC(=O)CCCCCCCCCCCC(C)C. The Hall–Kier alpha value is -1.94. The number of ether oxygens (including phenoxy) is 4. The van der Waals surface area contributed by atoms with Gasteiger partial charge in [0, 0.05) is 25.7 Å². The van der Waals surface area contributed by atoms with Crippen LogP contribution in [0.15, 0.2) is 0 Å². The summed E-state index contributed by atoms with van der Waals surface area (Å²) in [5, 5.41) is 10.6. The first-order valence-corrected chi connectivity index (χ1v) is 41.4. The lowest BCUT2D eigenvalue weighted by atomic mass is 9.99. The molecule has 0 aromatic heterocycles. The number of esters is 4. The molecule has 3 unspecified atom stereocenters. The average molecular weight is 1370 g/mol. The van der Waals surface area contributed by atoms with Crippen LogP contribution in [0, 0.1) is 17.8 Å². The molecule has 0 rings (SSSR count). The van der Waals surface area contributed by atoms with Gasteiger partial charge < -0.3 is 33.8 Å². The maximum atomic E-state index is 13.1. The van der Waals surface area contributed by atoms with Gasteiger partial charge in [0.05, 0.1) is 26.4 Å². The molecule has 0 amide bonds. The molecule has 17 nitrogen and oxygen atoms in total. The Morgan fingerprint density at radius 2 is 0.548 bits per heavy atom. The third kappa shape index (κ3) is 67.0. The van der Waals surface area contributed by atoms with Crippen LogP contribution >= 0.6 is 15.6 Å². The number of carbonyl (C=O) groups excluding carboxylic acids is 4. The molecule has 0 aliphatic heterocycles. The topological polar surface area (TPSA) is 237 Å². The number of phosphoric ester groups is 2. The van der Waals surface area contributed by atoms with Crippen molar-refractivity contribution in [1.29, 1.82) is 0 Å². The molecule has 0 spiro atoms. The molecule has 0 bridgehead atoms. The van der Waals surface area contributed by atoms with E-state index < -0.39 is 97.5 Å². The van der Waals surface area contributed by atoms with E-state index in [1.807, 2.05) is 0 Å². The van der Waals surface area contributed by atoms with Crippen molar-refractivity contribution in [1.82, 2.24) is 0 Å². The molecule has 3 N–H and O–H groups in total. The molecule has 0 aromatic carbocycles. The Labute approximate surface area is 568 Å². The largest absolute Gasteiger partial charge is 0.472 e. The molecule has 6 atom stereocenters. The molecule has 0 fully saturated rings. The molecule has 0 aliphatic carbocycles. The minimum absolute atomic E-state index is 0.105. The summed E-state index contributed by atoms with van der Waals surface area (Å²) in [6, 6.07) is 0. The standard InChI is InChI=1S/C74H144O17P2/c1-8-10-11-12-31-41-48-55-71(76)84-61-69(90-74(79)58-51-44-37-30-24-26-33-39-46-53-66(5)6)63-88-92(80,81)86-59-68(75)60-87-93(82,83)89-64-70(62-85-72(77)56-49-42-35-28-22-19-15-16-20-25-32-38-45-52-65(3)4)91-73(78)57-50-43-36-29-23-18-14-13-17-21-27-34-40-47-54-67(7)9-2/h65-70,75H,8-64H2,1-7H3,(H,80,81)(H,82,83)/t67?,68-,69+,70+/m0/s1. The first kappa shape index (κ1) is 91.1. The molecule has 19 heteroatoms. The number of aliphatic hydroxyl groups excluding tert-OH is 1. The second kappa shape index (κ2) is 64.7. The summed E-state index contributed by atoms with van der Waals surface area (Å²) in [4.78, 5) is 72.6. The van der Waals surface area contributed by atoms with Crippen LogP contribution in [0.1, 0.15) is 376 Å². The molecule has 0 radical (unpaired) electrons. The van der Waals surface area contributed by atoms with Crippen molar-refractivity contribution in [2.75, 3.05) is 39.6 Å². The molecule has 0 saturated heterocycles. The van der Waals surface area contributed by atoms with Crippen molar-refractivity contribution in [3.05, 3.63) is 0 Å². The van der Waals surface area contributed by atoms with Crippen LogP contribution in [-0.2, 0) is 65.4 Å². The lowest BCUT2D eigenvalue weighted by Gasteiger charge is -2.21. The number of hydrogen-bond acceptors (Lipinski definition) is 15. The first-order valence-electron chi connectivity index (χ1n) is 38.4. The van der Waals surface area contributed by atoms with Crippen LogP contribution in [0.3, 0.4) is 0 Å². The normalized spacial score (nSPS) is 14.4. The summed E-state index contributed by atoms with van der Waals surface area (Å²) >= 11 is 0. The summed E-state index contributed by atoms with van der Waals surface area (Å²) in [6.45, 7) is 11.9. The van der Waals surface area contributed by atoms with Crippen LogP contribution in [0.4, 0.5) is 0 Å². The lowest BCUT2D eigenvalue weighted by molar-refractivity contribution is -0.161. The fourth-order valence-electron chi connectivity index (χ4n) is 11.2. The Kier molecular flexibility index (Phi) is 63.4. The predicted octanol–water partition coefficient (Wildman–Crippen LogP) is 21.4. The van der Waals surface area contributed by atoms with E-state index in [-0.39, 0.29) is 25.7 Å². The van der Waals surface area contributed by atoms with Crippen molar-refractivity contribution in [3.63, 3.8) is 0 Å². The van der Waals surface area contributed by atoms with E-state index in [1.165, 1.54) is 173 Å². The van der Waals surface area contributed by atoms with Crippen LogP contribution < -0.4 is 0 Å². The minimum Gasteiger partial charge on any atom is -0.462 e. The third-order valence-electron chi connectivity index (χ3n) is 17.5. The Morgan fingerprint density at radius 1 is 0.312 bits per heavy atom. The smallest absolute Gasteiger partial charge is 0.462 e. The van der Waals surface area contributed by atoms with Gasteiger partial charge in [-0.3, -0.25) is 37.3 Å².